The number of rotatable bonds is 3. The number of nitro groups is 1. The van der Waals surface area contributed by atoms with Crippen molar-refractivity contribution in [3.63, 3.8) is 0 Å². The monoisotopic (exact) mass is 306 g/mol. The Labute approximate surface area is 124 Å². The third kappa shape index (κ3) is 3.05. The van der Waals surface area contributed by atoms with Crippen LogP contribution in [0.15, 0.2) is 39.6 Å². The van der Waals surface area contributed by atoms with Gasteiger partial charge in [0.25, 0.3) is 11.6 Å². The van der Waals surface area contributed by atoms with Crippen LogP contribution in [0, 0.1) is 10.1 Å². The molecule has 10 heteroatoms. The maximum atomic E-state index is 11.9. The maximum Gasteiger partial charge on any atom is 0.282 e. The summed E-state index contributed by atoms with van der Waals surface area (Å²) in [5.74, 6) is -0.505. The largest absolute Gasteiger partial charge is 0.374 e. The molecule has 1 heterocycles. The number of carbonyl (C=O) groups excluding carboxylic acids is 1. The molecular weight excluding hydrogens is 296 g/mol. The zero-order valence-electron chi connectivity index (χ0n) is 10.8. The summed E-state index contributed by atoms with van der Waals surface area (Å²) in [7, 11) is 0. The van der Waals surface area contributed by atoms with E-state index < -0.39 is 16.9 Å². The molecule has 0 aromatic heterocycles. The molecule has 0 spiro atoms. The Morgan fingerprint density at radius 2 is 2.29 bits per heavy atom. The lowest BCUT2D eigenvalue weighted by Crippen LogP contribution is -2.37. The van der Waals surface area contributed by atoms with E-state index in [0.29, 0.717) is 5.71 Å². The molecule has 108 valence electrons. The molecule has 2 rings (SSSR count). The van der Waals surface area contributed by atoms with Gasteiger partial charge in [-0.25, -0.2) is 0 Å². The van der Waals surface area contributed by atoms with E-state index in [4.69, 9.17) is 18.0 Å². The van der Waals surface area contributed by atoms with Crippen molar-refractivity contribution in [1.29, 1.82) is 0 Å². The summed E-state index contributed by atoms with van der Waals surface area (Å²) in [6, 6.07) is 4.67. The molecule has 0 saturated carbocycles. The number of non-ortho nitro benzene ring substituents is 1. The summed E-state index contributed by atoms with van der Waals surface area (Å²) in [5, 5.41) is 22.9. The lowest BCUT2D eigenvalue weighted by atomic mass is 10.2. The minimum atomic E-state index is -0.925. The van der Waals surface area contributed by atoms with E-state index in [9.17, 15) is 14.9 Å². The average molecular weight is 306 g/mol. The predicted octanol–water partition coefficient (Wildman–Crippen LogP) is 1.51. The number of azo groups is 1. The minimum Gasteiger partial charge on any atom is -0.374 e. The van der Waals surface area contributed by atoms with Crippen LogP contribution >= 0.6 is 12.2 Å². The molecule has 21 heavy (non-hydrogen) atoms. The summed E-state index contributed by atoms with van der Waals surface area (Å²) < 4.78 is 0. The normalized spacial score (nSPS) is 18.1. The number of nitrogens with zero attached hydrogens (tertiary/aromatic N) is 5. The number of nitrogens with two attached hydrogens (primary N) is 1. The third-order valence-electron chi connectivity index (χ3n) is 2.63. The van der Waals surface area contributed by atoms with Gasteiger partial charge in [0.2, 0.25) is 0 Å². The first-order chi connectivity index (χ1) is 9.90. The van der Waals surface area contributed by atoms with E-state index in [2.05, 4.69) is 15.3 Å². The molecule has 0 radical (unpaired) electrons. The molecule has 0 fully saturated rings. The molecule has 0 saturated heterocycles. The van der Waals surface area contributed by atoms with Crippen LogP contribution in [0.25, 0.3) is 0 Å². The van der Waals surface area contributed by atoms with E-state index >= 15 is 0 Å². The molecule has 1 aromatic rings. The van der Waals surface area contributed by atoms with Crippen molar-refractivity contribution in [2.45, 2.75) is 13.0 Å². The quantitative estimate of drug-likeness (QED) is 0.392. The van der Waals surface area contributed by atoms with Crippen LogP contribution in [0.1, 0.15) is 6.92 Å². The SMILES string of the molecule is CC1=NN(C(N)=S)C(=O)[C@@H]1N=Nc1cccc([N+](=O)[O-])c1. The molecule has 1 aliphatic rings. The number of hydrogen-bond donors (Lipinski definition) is 1. The number of thiocarbonyl (C=S) groups is 1. The van der Waals surface area contributed by atoms with Gasteiger partial charge in [0.1, 0.15) is 0 Å². The van der Waals surface area contributed by atoms with Crippen LogP contribution in [0.5, 0.6) is 0 Å². The van der Waals surface area contributed by atoms with Gasteiger partial charge in [0, 0.05) is 12.1 Å². The predicted molar refractivity (Wildman–Crippen MR) is 78.1 cm³/mol. The summed E-state index contributed by atoms with van der Waals surface area (Å²) in [5.41, 5.74) is 5.90. The molecule has 9 nitrogen and oxygen atoms in total. The van der Waals surface area contributed by atoms with Crippen molar-refractivity contribution in [3.8, 4) is 0 Å². The maximum absolute atomic E-state index is 11.9. The van der Waals surface area contributed by atoms with Crippen molar-refractivity contribution in [2.24, 2.45) is 21.1 Å². The van der Waals surface area contributed by atoms with E-state index in [-0.39, 0.29) is 16.5 Å². The summed E-state index contributed by atoms with van der Waals surface area (Å²) in [6.45, 7) is 1.59. The van der Waals surface area contributed by atoms with Gasteiger partial charge in [0.05, 0.1) is 16.3 Å². The first kappa shape index (κ1) is 14.7. The van der Waals surface area contributed by atoms with Crippen LogP contribution in [0.3, 0.4) is 0 Å². The number of hydrogen-bond acceptors (Lipinski definition) is 7. The van der Waals surface area contributed by atoms with Gasteiger partial charge in [0.15, 0.2) is 11.2 Å². The van der Waals surface area contributed by atoms with Gasteiger partial charge in [-0.2, -0.15) is 20.3 Å². The van der Waals surface area contributed by atoms with E-state index in [1.165, 1.54) is 24.3 Å². The van der Waals surface area contributed by atoms with Crippen molar-refractivity contribution in [1.82, 2.24) is 5.01 Å². The smallest absolute Gasteiger partial charge is 0.282 e. The molecule has 0 unspecified atom stereocenters. The van der Waals surface area contributed by atoms with Crippen LogP contribution in [-0.2, 0) is 4.79 Å². The molecule has 1 aromatic carbocycles. The first-order valence-corrected chi connectivity index (χ1v) is 6.15. The van der Waals surface area contributed by atoms with Gasteiger partial charge < -0.3 is 5.73 Å². The number of nitro benzene ring substituents is 1. The Bertz CT molecular complexity index is 686. The number of benzene rings is 1. The fourth-order valence-electron chi connectivity index (χ4n) is 1.64. The van der Waals surface area contributed by atoms with Crippen molar-refractivity contribution in [2.75, 3.05) is 0 Å². The van der Waals surface area contributed by atoms with Crippen LogP contribution in [-0.4, -0.2) is 32.7 Å². The summed E-state index contributed by atoms with van der Waals surface area (Å²) in [6.07, 6.45) is 0. The second-order valence-electron chi connectivity index (χ2n) is 4.12. The van der Waals surface area contributed by atoms with Crippen molar-refractivity contribution < 1.29 is 9.72 Å². The van der Waals surface area contributed by atoms with Crippen molar-refractivity contribution in [3.05, 3.63) is 34.4 Å². The Morgan fingerprint density at radius 1 is 1.57 bits per heavy atom. The van der Waals surface area contributed by atoms with Crippen LogP contribution < -0.4 is 5.73 Å². The zero-order valence-corrected chi connectivity index (χ0v) is 11.6. The Morgan fingerprint density at radius 3 is 2.86 bits per heavy atom. The second-order valence-corrected chi connectivity index (χ2v) is 4.54. The highest BCUT2D eigenvalue weighted by atomic mass is 32.1. The molecule has 0 bridgehead atoms. The van der Waals surface area contributed by atoms with Crippen LogP contribution in [0.2, 0.25) is 0 Å². The standard InChI is InChI=1S/C11H10N6O3S/c1-6-9(10(18)16(15-6)11(12)21)14-13-7-3-2-4-8(5-7)17(19)20/h2-5,9H,1H3,(H2,12,21)/t9-/m1/s1. The lowest BCUT2D eigenvalue weighted by Gasteiger charge is -2.08. The highest BCUT2D eigenvalue weighted by molar-refractivity contribution is 7.80. The van der Waals surface area contributed by atoms with Gasteiger partial charge >= 0.3 is 0 Å². The molecule has 2 N–H and O–H groups in total. The Kier molecular flexibility index (Phi) is 3.98. The summed E-state index contributed by atoms with van der Waals surface area (Å²) in [4.78, 5) is 22.1. The van der Waals surface area contributed by atoms with E-state index in [1.807, 2.05) is 0 Å². The first-order valence-electron chi connectivity index (χ1n) is 5.74. The zero-order chi connectivity index (χ0) is 15.6. The molecule has 1 atom stereocenters. The Hall–Kier alpha value is -2.75. The number of carbonyl (C=O) groups is 1. The average Bonchev–Trinajstić information content (AvgIpc) is 2.72. The molecule has 0 aliphatic carbocycles. The van der Waals surface area contributed by atoms with E-state index in [1.54, 1.807) is 6.92 Å². The molecule has 1 amide bonds. The van der Waals surface area contributed by atoms with Crippen LogP contribution in [0.4, 0.5) is 11.4 Å². The fraction of sp³-hybridized carbons (Fsp3) is 0.182. The topological polar surface area (TPSA) is 127 Å². The molecule has 1 aliphatic heterocycles. The second kappa shape index (κ2) is 5.71. The van der Waals surface area contributed by atoms with Gasteiger partial charge in [-0.15, -0.1) is 0 Å². The number of amides is 1. The van der Waals surface area contributed by atoms with Gasteiger partial charge in [-0.3, -0.25) is 14.9 Å². The fourth-order valence-corrected chi connectivity index (χ4v) is 1.77. The minimum absolute atomic E-state index is 0.112. The Balaban J connectivity index is 2.20. The highest BCUT2D eigenvalue weighted by Crippen LogP contribution is 2.21. The summed E-state index contributed by atoms with van der Waals surface area (Å²) >= 11 is 4.69. The highest BCUT2D eigenvalue weighted by Gasteiger charge is 2.35. The van der Waals surface area contributed by atoms with E-state index in [0.717, 1.165) is 5.01 Å². The van der Waals surface area contributed by atoms with Gasteiger partial charge in [-0.05, 0) is 25.2 Å². The lowest BCUT2D eigenvalue weighted by molar-refractivity contribution is -0.384. The van der Waals surface area contributed by atoms with Gasteiger partial charge in [-0.1, -0.05) is 6.07 Å². The molecular formula is C11H10N6O3S. The van der Waals surface area contributed by atoms with Crippen molar-refractivity contribution >= 4 is 40.3 Å². The third-order valence-corrected chi connectivity index (χ3v) is 2.81. The number of hydrazone groups is 1.